The number of rotatable bonds is 7. The predicted octanol–water partition coefficient (Wildman–Crippen LogP) is 0.689. The van der Waals surface area contributed by atoms with E-state index in [0.717, 1.165) is 5.69 Å². The van der Waals surface area contributed by atoms with Crippen LogP contribution >= 0.6 is 0 Å². The molecular formula is C15H19N3O3. The molecular weight excluding hydrogens is 270 g/mol. The van der Waals surface area contributed by atoms with Crippen molar-refractivity contribution in [3.05, 3.63) is 48.3 Å². The topological polar surface area (TPSA) is 78.6 Å². The Morgan fingerprint density at radius 2 is 1.86 bits per heavy atom. The van der Waals surface area contributed by atoms with Gasteiger partial charge in [-0.15, -0.1) is 0 Å². The summed E-state index contributed by atoms with van der Waals surface area (Å²) in [5.41, 5.74) is 1.20. The number of nitrogens with zero attached hydrogens (tertiary/aromatic N) is 3. The third-order valence-corrected chi connectivity index (χ3v) is 3.07. The Bertz CT molecular complexity index is 569. The molecule has 2 N–H and O–H groups in total. The molecule has 1 heterocycles. The Labute approximate surface area is 123 Å². The number of hydrogen-bond donors (Lipinski definition) is 2. The molecule has 0 bridgehead atoms. The highest BCUT2D eigenvalue weighted by Crippen LogP contribution is 2.09. The molecule has 2 aromatic rings. The van der Waals surface area contributed by atoms with Crippen molar-refractivity contribution in [1.82, 2.24) is 14.7 Å². The largest absolute Gasteiger partial charge is 0.396 e. The first-order valence-electron chi connectivity index (χ1n) is 6.88. The fraction of sp³-hybridized carbons (Fsp3) is 0.333. The number of aliphatic hydroxyl groups excluding tert-OH is 2. The van der Waals surface area contributed by atoms with Gasteiger partial charge in [0.15, 0.2) is 5.69 Å². The molecule has 0 aliphatic carbocycles. The second kappa shape index (κ2) is 7.56. The summed E-state index contributed by atoms with van der Waals surface area (Å²) in [6.07, 6.45) is 2.21. The van der Waals surface area contributed by atoms with Gasteiger partial charge < -0.3 is 15.1 Å². The number of para-hydroxylation sites is 1. The molecule has 21 heavy (non-hydrogen) atoms. The number of hydrogen-bond acceptors (Lipinski definition) is 4. The summed E-state index contributed by atoms with van der Waals surface area (Å²) in [5, 5.41) is 22.2. The molecule has 0 unspecified atom stereocenters. The lowest BCUT2D eigenvalue weighted by Crippen LogP contribution is -2.35. The third kappa shape index (κ3) is 3.90. The second-order valence-corrected chi connectivity index (χ2v) is 4.57. The van der Waals surface area contributed by atoms with E-state index in [9.17, 15) is 4.79 Å². The van der Waals surface area contributed by atoms with Crippen molar-refractivity contribution in [1.29, 1.82) is 0 Å². The first kappa shape index (κ1) is 15.2. The van der Waals surface area contributed by atoms with E-state index in [4.69, 9.17) is 10.2 Å². The molecule has 1 aromatic heterocycles. The van der Waals surface area contributed by atoms with Crippen LogP contribution in [0.1, 0.15) is 16.9 Å². The quantitative estimate of drug-likeness (QED) is 0.786. The SMILES string of the molecule is O=C(c1ccn(-c2ccccc2)n1)N(CCO)CCCO. The Kier molecular flexibility index (Phi) is 5.48. The summed E-state index contributed by atoms with van der Waals surface area (Å²) in [5.74, 6) is -0.243. The molecule has 1 amide bonds. The van der Waals surface area contributed by atoms with Gasteiger partial charge in [-0.1, -0.05) is 18.2 Å². The van der Waals surface area contributed by atoms with Gasteiger partial charge in [-0.3, -0.25) is 4.79 Å². The third-order valence-electron chi connectivity index (χ3n) is 3.07. The number of aliphatic hydroxyl groups is 2. The van der Waals surface area contributed by atoms with Gasteiger partial charge in [0.05, 0.1) is 12.3 Å². The van der Waals surface area contributed by atoms with Gasteiger partial charge in [-0.25, -0.2) is 4.68 Å². The van der Waals surface area contributed by atoms with Crippen LogP contribution in [0.25, 0.3) is 5.69 Å². The van der Waals surface area contributed by atoms with Gasteiger partial charge >= 0.3 is 0 Å². The molecule has 0 atom stereocenters. The second-order valence-electron chi connectivity index (χ2n) is 4.57. The van der Waals surface area contributed by atoms with E-state index in [2.05, 4.69) is 5.10 Å². The zero-order valence-corrected chi connectivity index (χ0v) is 11.7. The summed E-state index contributed by atoms with van der Waals surface area (Å²) in [4.78, 5) is 13.8. The fourth-order valence-corrected chi connectivity index (χ4v) is 2.02. The van der Waals surface area contributed by atoms with Gasteiger partial charge in [0.2, 0.25) is 0 Å². The lowest BCUT2D eigenvalue weighted by atomic mass is 10.3. The summed E-state index contributed by atoms with van der Waals surface area (Å²) < 4.78 is 1.64. The fourth-order valence-electron chi connectivity index (χ4n) is 2.02. The van der Waals surface area contributed by atoms with Crippen LogP contribution in [0.2, 0.25) is 0 Å². The van der Waals surface area contributed by atoms with Gasteiger partial charge in [-0.05, 0) is 24.6 Å². The average Bonchev–Trinajstić information content (AvgIpc) is 3.01. The van der Waals surface area contributed by atoms with Crippen LogP contribution in [0.4, 0.5) is 0 Å². The Hall–Kier alpha value is -2.18. The van der Waals surface area contributed by atoms with Crippen LogP contribution in [-0.2, 0) is 0 Å². The van der Waals surface area contributed by atoms with E-state index in [1.165, 1.54) is 4.90 Å². The Morgan fingerprint density at radius 1 is 1.10 bits per heavy atom. The number of aromatic nitrogens is 2. The van der Waals surface area contributed by atoms with Gasteiger partial charge in [0, 0.05) is 25.9 Å². The number of carbonyl (C=O) groups excluding carboxylic acids is 1. The number of carbonyl (C=O) groups is 1. The summed E-state index contributed by atoms with van der Waals surface area (Å²) in [7, 11) is 0. The van der Waals surface area contributed by atoms with E-state index in [1.54, 1.807) is 16.9 Å². The van der Waals surface area contributed by atoms with E-state index < -0.39 is 0 Å². The molecule has 0 aliphatic rings. The maximum Gasteiger partial charge on any atom is 0.274 e. The lowest BCUT2D eigenvalue weighted by molar-refractivity contribution is 0.0703. The zero-order chi connectivity index (χ0) is 15.1. The molecule has 112 valence electrons. The van der Waals surface area contributed by atoms with E-state index in [1.807, 2.05) is 30.3 Å². The normalized spacial score (nSPS) is 10.6. The average molecular weight is 289 g/mol. The van der Waals surface area contributed by atoms with Crippen LogP contribution in [0, 0.1) is 0 Å². The number of amides is 1. The molecule has 6 nitrogen and oxygen atoms in total. The van der Waals surface area contributed by atoms with Crippen molar-refractivity contribution in [3.8, 4) is 5.69 Å². The van der Waals surface area contributed by atoms with E-state index >= 15 is 0 Å². The van der Waals surface area contributed by atoms with Gasteiger partial charge in [0.25, 0.3) is 5.91 Å². The maximum absolute atomic E-state index is 12.3. The van der Waals surface area contributed by atoms with Crippen LogP contribution in [-0.4, -0.2) is 57.1 Å². The first-order chi connectivity index (χ1) is 10.3. The summed E-state index contributed by atoms with van der Waals surface area (Å²) in [6, 6.07) is 11.2. The monoisotopic (exact) mass is 289 g/mol. The van der Waals surface area contributed by atoms with Crippen LogP contribution in [0.15, 0.2) is 42.6 Å². The minimum Gasteiger partial charge on any atom is -0.396 e. The highest BCUT2D eigenvalue weighted by atomic mass is 16.3. The van der Waals surface area contributed by atoms with E-state index in [0.29, 0.717) is 18.7 Å². The van der Waals surface area contributed by atoms with E-state index in [-0.39, 0.29) is 25.7 Å². The molecule has 0 aliphatic heterocycles. The molecule has 0 spiro atoms. The summed E-state index contributed by atoms with van der Waals surface area (Å²) in [6.45, 7) is 0.523. The molecule has 1 aromatic carbocycles. The van der Waals surface area contributed by atoms with Crippen LogP contribution in [0.5, 0.6) is 0 Å². The van der Waals surface area contributed by atoms with Gasteiger partial charge in [0.1, 0.15) is 0 Å². The van der Waals surface area contributed by atoms with Gasteiger partial charge in [-0.2, -0.15) is 5.10 Å². The Balaban J connectivity index is 2.13. The molecule has 0 radical (unpaired) electrons. The maximum atomic E-state index is 12.3. The molecule has 0 fully saturated rings. The van der Waals surface area contributed by atoms with Crippen molar-refractivity contribution in [2.45, 2.75) is 6.42 Å². The Morgan fingerprint density at radius 3 is 2.52 bits per heavy atom. The number of benzene rings is 1. The highest BCUT2D eigenvalue weighted by molar-refractivity contribution is 5.92. The van der Waals surface area contributed by atoms with Crippen LogP contribution < -0.4 is 0 Å². The lowest BCUT2D eigenvalue weighted by Gasteiger charge is -2.20. The molecule has 0 saturated heterocycles. The zero-order valence-electron chi connectivity index (χ0n) is 11.7. The van der Waals surface area contributed by atoms with Crippen molar-refractivity contribution in [2.75, 3.05) is 26.3 Å². The smallest absolute Gasteiger partial charge is 0.274 e. The van der Waals surface area contributed by atoms with Crippen molar-refractivity contribution in [3.63, 3.8) is 0 Å². The first-order valence-corrected chi connectivity index (χ1v) is 6.88. The molecule has 0 saturated carbocycles. The predicted molar refractivity (Wildman–Crippen MR) is 78.3 cm³/mol. The molecule has 6 heteroatoms. The molecule has 2 rings (SSSR count). The van der Waals surface area contributed by atoms with Crippen LogP contribution in [0.3, 0.4) is 0 Å². The minimum atomic E-state index is -0.243. The van der Waals surface area contributed by atoms with Crippen molar-refractivity contribution in [2.24, 2.45) is 0 Å². The van der Waals surface area contributed by atoms with Crippen molar-refractivity contribution < 1.29 is 15.0 Å². The standard InChI is InChI=1S/C15H19N3O3/c19-11-4-8-17(10-12-20)15(21)14-7-9-18(16-14)13-5-2-1-3-6-13/h1-3,5-7,9,19-20H,4,8,10-12H2. The highest BCUT2D eigenvalue weighted by Gasteiger charge is 2.17. The van der Waals surface area contributed by atoms with Crippen molar-refractivity contribution >= 4 is 5.91 Å². The minimum absolute atomic E-state index is 0.00760. The summed E-state index contributed by atoms with van der Waals surface area (Å²) >= 11 is 0.